The van der Waals surface area contributed by atoms with Gasteiger partial charge in [-0.1, -0.05) is 36.9 Å². The van der Waals surface area contributed by atoms with E-state index < -0.39 is 0 Å². The number of ether oxygens (including phenoxy) is 1. The molecule has 3 heteroatoms. The minimum Gasteiger partial charge on any atom is -0.489 e. The van der Waals surface area contributed by atoms with Crippen molar-refractivity contribution in [3.05, 3.63) is 28.8 Å². The highest BCUT2D eigenvalue weighted by Gasteiger charge is 2.54. The second-order valence-corrected chi connectivity index (χ2v) is 6.59. The summed E-state index contributed by atoms with van der Waals surface area (Å²) in [5.74, 6) is 0.925. The van der Waals surface area contributed by atoms with Crippen LogP contribution in [0.25, 0.3) is 0 Å². The van der Waals surface area contributed by atoms with E-state index in [2.05, 4.69) is 6.92 Å². The fourth-order valence-electron chi connectivity index (χ4n) is 3.70. The van der Waals surface area contributed by atoms with Crippen molar-refractivity contribution in [3.8, 4) is 5.75 Å². The van der Waals surface area contributed by atoms with Crippen LogP contribution in [-0.4, -0.2) is 12.1 Å². The molecule has 0 saturated heterocycles. The third-order valence-corrected chi connectivity index (χ3v) is 5.29. The molecule has 2 unspecified atom stereocenters. The van der Waals surface area contributed by atoms with Gasteiger partial charge >= 0.3 is 0 Å². The molecule has 2 nitrogen and oxygen atoms in total. The molecule has 2 atom stereocenters. The van der Waals surface area contributed by atoms with Crippen LogP contribution in [0, 0.1) is 12.3 Å². The van der Waals surface area contributed by atoms with Crippen molar-refractivity contribution < 1.29 is 4.74 Å². The number of benzene rings is 1. The Labute approximate surface area is 120 Å². The highest BCUT2D eigenvalue weighted by Crippen LogP contribution is 2.52. The minimum atomic E-state index is 0.229. The predicted molar refractivity (Wildman–Crippen MR) is 78.7 cm³/mol. The van der Waals surface area contributed by atoms with Gasteiger partial charge in [0.1, 0.15) is 11.9 Å². The Morgan fingerprint density at radius 2 is 2.00 bits per heavy atom. The average Bonchev–Trinajstić information content (AvgIpc) is 2.43. The van der Waals surface area contributed by atoms with Gasteiger partial charge in [0.25, 0.3) is 0 Å². The Kier molecular flexibility index (Phi) is 3.48. The lowest BCUT2D eigenvalue weighted by atomic mass is 9.55. The number of rotatable bonds is 2. The average molecular weight is 280 g/mol. The van der Waals surface area contributed by atoms with Crippen LogP contribution in [0.1, 0.15) is 44.1 Å². The lowest BCUT2D eigenvalue weighted by Crippen LogP contribution is -2.64. The summed E-state index contributed by atoms with van der Waals surface area (Å²) in [7, 11) is 0. The molecule has 1 spiro atoms. The molecule has 0 aliphatic heterocycles. The molecule has 0 aromatic heterocycles. The minimum absolute atomic E-state index is 0.229. The van der Waals surface area contributed by atoms with Gasteiger partial charge in [0.2, 0.25) is 0 Å². The van der Waals surface area contributed by atoms with Gasteiger partial charge in [-0.2, -0.15) is 0 Å². The van der Waals surface area contributed by atoms with Gasteiger partial charge in [-0.25, -0.2) is 0 Å². The van der Waals surface area contributed by atoms with Gasteiger partial charge in [-0.15, -0.1) is 0 Å². The van der Waals surface area contributed by atoms with E-state index in [0.717, 1.165) is 22.8 Å². The van der Waals surface area contributed by atoms with Gasteiger partial charge in [0.15, 0.2) is 0 Å². The van der Waals surface area contributed by atoms with Crippen LogP contribution < -0.4 is 10.5 Å². The second-order valence-electron chi connectivity index (χ2n) is 6.15. The van der Waals surface area contributed by atoms with Crippen LogP contribution in [0.15, 0.2) is 18.2 Å². The van der Waals surface area contributed by atoms with E-state index in [4.69, 9.17) is 22.1 Å². The fourth-order valence-corrected chi connectivity index (χ4v) is 3.86. The molecule has 0 heterocycles. The molecule has 1 aromatic carbocycles. The molecule has 2 fully saturated rings. The highest BCUT2D eigenvalue weighted by atomic mass is 35.5. The number of hydrogen-bond donors (Lipinski definition) is 1. The molecule has 2 aliphatic rings. The third-order valence-electron chi connectivity index (χ3n) is 5.05. The van der Waals surface area contributed by atoms with Crippen LogP contribution >= 0.6 is 11.6 Å². The topological polar surface area (TPSA) is 35.2 Å². The zero-order valence-electron chi connectivity index (χ0n) is 11.5. The molecule has 2 aliphatic carbocycles. The van der Waals surface area contributed by atoms with Gasteiger partial charge in [0.05, 0.1) is 0 Å². The molecule has 0 radical (unpaired) electrons. The van der Waals surface area contributed by atoms with E-state index in [1.165, 1.54) is 32.1 Å². The molecule has 104 valence electrons. The first kappa shape index (κ1) is 13.3. The Balaban J connectivity index is 1.78. The molecular formula is C16H22ClNO. The van der Waals surface area contributed by atoms with Crippen LogP contribution in [-0.2, 0) is 0 Å². The lowest BCUT2D eigenvalue weighted by molar-refractivity contribution is -0.0900. The number of hydrogen-bond acceptors (Lipinski definition) is 2. The highest BCUT2D eigenvalue weighted by molar-refractivity contribution is 6.30. The molecule has 19 heavy (non-hydrogen) atoms. The largest absolute Gasteiger partial charge is 0.489 e. The predicted octanol–water partition coefficient (Wildman–Crippen LogP) is 4.08. The molecule has 3 rings (SSSR count). The number of nitrogens with two attached hydrogens (primary N) is 1. The first-order chi connectivity index (χ1) is 9.12. The van der Waals surface area contributed by atoms with Gasteiger partial charge < -0.3 is 10.5 Å². The quantitative estimate of drug-likeness (QED) is 0.885. The molecule has 2 N–H and O–H groups in total. The summed E-state index contributed by atoms with van der Waals surface area (Å²) in [6.45, 7) is 2.07. The smallest absolute Gasteiger partial charge is 0.124 e. The summed E-state index contributed by atoms with van der Waals surface area (Å²) in [4.78, 5) is 0. The summed E-state index contributed by atoms with van der Waals surface area (Å²) in [6, 6.07) is 6.17. The van der Waals surface area contributed by atoms with Crippen molar-refractivity contribution in [2.75, 3.05) is 0 Å². The molecule has 2 saturated carbocycles. The second kappa shape index (κ2) is 4.99. The fraction of sp³-hybridized carbons (Fsp3) is 0.625. The van der Waals surface area contributed by atoms with Crippen molar-refractivity contribution in [2.45, 2.75) is 57.6 Å². The van der Waals surface area contributed by atoms with Crippen molar-refractivity contribution in [1.82, 2.24) is 0 Å². The van der Waals surface area contributed by atoms with Gasteiger partial charge in [-0.05, 0) is 37.5 Å². The van der Waals surface area contributed by atoms with Gasteiger partial charge in [0, 0.05) is 22.9 Å². The Morgan fingerprint density at radius 3 is 2.68 bits per heavy atom. The SMILES string of the molecule is Cc1ccc(Cl)cc1OC1CC(N)C12CCCCC2. The van der Waals surface area contributed by atoms with Crippen LogP contribution in [0.2, 0.25) is 5.02 Å². The van der Waals surface area contributed by atoms with Crippen molar-refractivity contribution in [1.29, 1.82) is 0 Å². The van der Waals surface area contributed by atoms with E-state index in [0.29, 0.717) is 6.04 Å². The van der Waals surface area contributed by atoms with Crippen LogP contribution in [0.5, 0.6) is 5.75 Å². The molecule has 0 bridgehead atoms. The zero-order chi connectivity index (χ0) is 13.5. The van der Waals surface area contributed by atoms with Crippen LogP contribution in [0.4, 0.5) is 0 Å². The van der Waals surface area contributed by atoms with E-state index in [9.17, 15) is 0 Å². The molecule has 0 amide bonds. The monoisotopic (exact) mass is 279 g/mol. The first-order valence-corrected chi connectivity index (χ1v) is 7.68. The first-order valence-electron chi connectivity index (χ1n) is 7.30. The summed E-state index contributed by atoms with van der Waals surface area (Å²) in [5, 5.41) is 0.738. The van der Waals surface area contributed by atoms with Crippen molar-refractivity contribution >= 4 is 11.6 Å². The van der Waals surface area contributed by atoms with Crippen molar-refractivity contribution in [3.63, 3.8) is 0 Å². The lowest BCUT2D eigenvalue weighted by Gasteiger charge is -2.56. The maximum atomic E-state index is 6.29. The Morgan fingerprint density at radius 1 is 1.26 bits per heavy atom. The summed E-state index contributed by atoms with van der Waals surface area (Å²) in [5.41, 5.74) is 7.67. The van der Waals surface area contributed by atoms with E-state index in [-0.39, 0.29) is 11.5 Å². The molecular weight excluding hydrogens is 258 g/mol. The number of aryl methyl sites for hydroxylation is 1. The summed E-state index contributed by atoms with van der Waals surface area (Å²) >= 11 is 6.06. The summed E-state index contributed by atoms with van der Waals surface area (Å²) < 4.78 is 6.26. The third kappa shape index (κ3) is 2.25. The number of halogens is 1. The maximum absolute atomic E-state index is 6.29. The molecule has 1 aromatic rings. The van der Waals surface area contributed by atoms with Gasteiger partial charge in [-0.3, -0.25) is 0 Å². The standard InChI is InChI=1S/C16H22ClNO/c1-11-5-6-12(17)9-13(11)19-15-10-14(18)16(15)7-3-2-4-8-16/h5-6,9,14-15H,2-4,7-8,10,18H2,1H3. The van der Waals surface area contributed by atoms with E-state index >= 15 is 0 Å². The van der Waals surface area contributed by atoms with E-state index in [1.807, 2.05) is 18.2 Å². The maximum Gasteiger partial charge on any atom is 0.124 e. The van der Waals surface area contributed by atoms with Crippen molar-refractivity contribution in [2.24, 2.45) is 11.1 Å². The Bertz CT molecular complexity index is 468. The van der Waals surface area contributed by atoms with Crippen LogP contribution in [0.3, 0.4) is 0 Å². The summed E-state index contributed by atoms with van der Waals surface area (Å²) in [6.07, 6.45) is 7.63. The Hall–Kier alpha value is -0.730. The normalized spacial score (nSPS) is 29.0. The van der Waals surface area contributed by atoms with E-state index in [1.54, 1.807) is 0 Å². The zero-order valence-corrected chi connectivity index (χ0v) is 12.2.